The molecule has 2 heterocycles. The Bertz CT molecular complexity index is 1050. The lowest BCUT2D eigenvalue weighted by molar-refractivity contribution is -0.149. The fourth-order valence-electron chi connectivity index (χ4n) is 3.67. The van der Waals surface area contributed by atoms with Gasteiger partial charge >= 0.3 is 11.9 Å². The summed E-state index contributed by atoms with van der Waals surface area (Å²) in [5.41, 5.74) is 4.91. The Morgan fingerprint density at radius 1 is 0.963 bits per heavy atom. The highest BCUT2D eigenvalue weighted by Crippen LogP contribution is 2.41. The lowest BCUT2D eigenvalue weighted by atomic mass is 9.93. The van der Waals surface area contributed by atoms with E-state index in [2.05, 4.69) is 0 Å². The average molecular weight is 369 g/mol. The topological polar surface area (TPSA) is 66.8 Å². The third-order valence-electron chi connectivity index (χ3n) is 5.09. The van der Waals surface area contributed by atoms with Gasteiger partial charge in [-0.3, -0.25) is 0 Å². The number of fused-ring (bicyclic) bond motifs is 1. The number of cyclic esters (lactones) is 2. The second-order valence-corrected chi connectivity index (χ2v) is 6.80. The molecular weight excluding hydrogens is 346 g/mol. The molecule has 2 aromatic rings. The molecule has 1 fully saturated rings. The minimum atomic E-state index is -0.606. The molecule has 3 rings (SSSR count). The van der Waals surface area contributed by atoms with Crippen LogP contribution >= 0.6 is 0 Å². The quantitative estimate of drug-likeness (QED) is 0.469. The molecule has 1 aromatic carbocycles. The monoisotopic (exact) mass is 369 g/mol. The molecule has 6 nitrogen and oxygen atoms in total. The number of methoxy groups -OCH3 is 2. The number of ether oxygens (including phenoxy) is 3. The predicted molar refractivity (Wildman–Crippen MR) is 103 cm³/mol. The van der Waals surface area contributed by atoms with Crippen LogP contribution in [-0.4, -0.2) is 30.7 Å². The maximum absolute atomic E-state index is 12.4. The minimum absolute atomic E-state index is 0.324. The number of hydrogen-bond donors (Lipinski definition) is 0. The molecule has 0 amide bonds. The smallest absolute Gasteiger partial charge is 0.347 e. The van der Waals surface area contributed by atoms with Crippen LogP contribution in [-0.2, 0) is 21.4 Å². The maximum Gasteiger partial charge on any atom is 0.347 e. The molecule has 1 aliphatic rings. The molecule has 0 bridgehead atoms. The predicted octanol–water partition coefficient (Wildman–Crippen LogP) is 3.70. The van der Waals surface area contributed by atoms with E-state index in [4.69, 9.17) is 14.2 Å². The van der Waals surface area contributed by atoms with Crippen LogP contribution < -0.4 is 9.47 Å². The molecule has 0 radical (unpaired) electrons. The van der Waals surface area contributed by atoms with Crippen molar-refractivity contribution in [3.63, 3.8) is 0 Å². The van der Waals surface area contributed by atoms with Gasteiger partial charge in [0, 0.05) is 29.8 Å². The van der Waals surface area contributed by atoms with E-state index in [-0.39, 0.29) is 0 Å². The van der Waals surface area contributed by atoms with Crippen molar-refractivity contribution in [3.05, 3.63) is 40.1 Å². The molecule has 142 valence electrons. The number of carbonyl (C=O) groups is 2. The van der Waals surface area contributed by atoms with Crippen molar-refractivity contribution < 1.29 is 23.8 Å². The average Bonchev–Trinajstić information content (AvgIpc) is 3.06. The van der Waals surface area contributed by atoms with E-state index in [9.17, 15) is 9.59 Å². The van der Waals surface area contributed by atoms with E-state index in [0.29, 0.717) is 28.2 Å². The summed E-state index contributed by atoms with van der Waals surface area (Å²) in [7, 11) is 5.12. The first-order valence-corrected chi connectivity index (χ1v) is 8.59. The van der Waals surface area contributed by atoms with Gasteiger partial charge in [0.25, 0.3) is 0 Å². The zero-order chi connectivity index (χ0) is 20.0. The van der Waals surface area contributed by atoms with Crippen LogP contribution in [0.15, 0.2) is 28.9 Å². The molecule has 0 spiro atoms. The molecule has 0 unspecified atom stereocenters. The number of hydrogen-bond acceptors (Lipinski definition) is 5. The van der Waals surface area contributed by atoms with Gasteiger partial charge in [0.05, 0.1) is 30.9 Å². The van der Waals surface area contributed by atoms with Crippen molar-refractivity contribution >= 4 is 28.4 Å². The lowest BCUT2D eigenvalue weighted by Gasteiger charge is -2.09. The maximum atomic E-state index is 12.4. The molecule has 1 aliphatic heterocycles. The normalized spacial score (nSPS) is 16.0. The first-order valence-electron chi connectivity index (χ1n) is 8.59. The van der Waals surface area contributed by atoms with Crippen molar-refractivity contribution in [1.82, 2.24) is 4.57 Å². The van der Waals surface area contributed by atoms with E-state index in [1.54, 1.807) is 28.1 Å². The Morgan fingerprint density at radius 2 is 1.52 bits per heavy atom. The summed E-state index contributed by atoms with van der Waals surface area (Å²) in [6.07, 6.45) is 0. The number of rotatable bonds is 3. The number of aryl methyl sites for hydroxylation is 1. The van der Waals surface area contributed by atoms with Crippen molar-refractivity contribution in [2.24, 2.45) is 7.05 Å². The third-order valence-corrected chi connectivity index (χ3v) is 5.09. The Kier molecular flexibility index (Phi) is 4.59. The molecular formula is C21H23NO5. The molecule has 1 saturated heterocycles. The second-order valence-electron chi connectivity index (χ2n) is 6.80. The molecule has 0 saturated carbocycles. The van der Waals surface area contributed by atoms with E-state index < -0.39 is 11.9 Å². The Balaban J connectivity index is 2.41. The van der Waals surface area contributed by atoms with Crippen LogP contribution in [0, 0.1) is 6.92 Å². The van der Waals surface area contributed by atoms with Gasteiger partial charge in [-0.15, -0.1) is 0 Å². The van der Waals surface area contributed by atoms with Gasteiger partial charge in [-0.1, -0.05) is 5.57 Å². The molecule has 1 aromatic heterocycles. The largest absolute Gasteiger partial charge is 0.493 e. The van der Waals surface area contributed by atoms with E-state index in [1.165, 1.54) is 0 Å². The molecule has 6 heteroatoms. The van der Waals surface area contributed by atoms with Crippen molar-refractivity contribution in [2.45, 2.75) is 27.7 Å². The zero-order valence-corrected chi connectivity index (χ0v) is 16.6. The molecule has 27 heavy (non-hydrogen) atoms. The van der Waals surface area contributed by atoms with Gasteiger partial charge in [0.2, 0.25) is 0 Å². The lowest BCUT2D eigenvalue weighted by Crippen LogP contribution is -2.01. The van der Waals surface area contributed by atoms with Gasteiger partial charge in [0.1, 0.15) is 0 Å². The number of aromatic nitrogens is 1. The highest BCUT2D eigenvalue weighted by atomic mass is 16.6. The highest BCUT2D eigenvalue weighted by Gasteiger charge is 2.37. The summed E-state index contributed by atoms with van der Waals surface area (Å²) < 4.78 is 17.8. The highest BCUT2D eigenvalue weighted by molar-refractivity contribution is 6.22. The molecule has 0 aliphatic carbocycles. The van der Waals surface area contributed by atoms with Gasteiger partial charge in [-0.05, 0) is 39.3 Å². The Labute approximate surface area is 158 Å². The van der Waals surface area contributed by atoms with E-state index in [0.717, 1.165) is 27.7 Å². The summed E-state index contributed by atoms with van der Waals surface area (Å²) in [6, 6.07) is 3.80. The van der Waals surface area contributed by atoms with Gasteiger partial charge in [-0.2, -0.15) is 0 Å². The summed E-state index contributed by atoms with van der Waals surface area (Å²) in [4.78, 5) is 24.5. The van der Waals surface area contributed by atoms with E-state index >= 15 is 0 Å². The first kappa shape index (κ1) is 18.8. The van der Waals surface area contributed by atoms with Crippen molar-refractivity contribution in [3.8, 4) is 11.5 Å². The summed E-state index contributed by atoms with van der Waals surface area (Å²) in [5, 5.41) is 0.915. The number of allylic oxidation sites excluding steroid dienone is 2. The van der Waals surface area contributed by atoms with Crippen molar-refractivity contribution in [2.75, 3.05) is 14.2 Å². The fourth-order valence-corrected chi connectivity index (χ4v) is 3.67. The van der Waals surface area contributed by atoms with Gasteiger partial charge in [-0.25, -0.2) is 9.59 Å². The van der Waals surface area contributed by atoms with Crippen LogP contribution in [0.5, 0.6) is 11.5 Å². The number of carbonyl (C=O) groups excluding carboxylic acids is 2. The zero-order valence-electron chi connectivity index (χ0n) is 16.6. The summed E-state index contributed by atoms with van der Waals surface area (Å²) >= 11 is 0. The van der Waals surface area contributed by atoms with Gasteiger partial charge in [0.15, 0.2) is 11.5 Å². The van der Waals surface area contributed by atoms with E-state index in [1.807, 2.05) is 37.6 Å². The van der Waals surface area contributed by atoms with Crippen molar-refractivity contribution in [1.29, 1.82) is 0 Å². The van der Waals surface area contributed by atoms with Crippen LogP contribution in [0.25, 0.3) is 16.5 Å². The summed E-state index contributed by atoms with van der Waals surface area (Å²) in [5.74, 6) is 0.0297. The number of benzene rings is 1. The van der Waals surface area contributed by atoms with Gasteiger partial charge < -0.3 is 18.8 Å². The third kappa shape index (κ3) is 2.72. The SMILES string of the molecule is COc1cc2c(/C(C)=C3/C(=O)OC(=O)C3=C(C)C)c(C)n(C)c2cc1OC. The standard InChI is InChI=1S/C21H23NO5/c1-10(2)17-19(21(24)27-20(17)23)11(3)18-12(4)22(5)14-9-16(26-7)15(25-6)8-13(14)18/h8-9H,1-7H3/b19-11+. The second kappa shape index (κ2) is 6.61. The molecule has 0 atom stereocenters. The first-order chi connectivity index (χ1) is 12.7. The van der Waals surface area contributed by atoms with Crippen LogP contribution in [0.2, 0.25) is 0 Å². The Morgan fingerprint density at radius 3 is 2.07 bits per heavy atom. The minimum Gasteiger partial charge on any atom is -0.493 e. The van der Waals surface area contributed by atoms with Crippen LogP contribution in [0.1, 0.15) is 32.0 Å². The fraction of sp³-hybridized carbons (Fsp3) is 0.333. The number of nitrogens with zero attached hydrogens (tertiary/aromatic N) is 1. The summed E-state index contributed by atoms with van der Waals surface area (Å²) in [6.45, 7) is 7.41. The van der Waals surface area contributed by atoms with Crippen LogP contribution in [0.3, 0.4) is 0 Å². The number of esters is 2. The molecule has 0 N–H and O–H groups in total. The van der Waals surface area contributed by atoms with Crippen LogP contribution in [0.4, 0.5) is 0 Å². The Hall–Kier alpha value is -3.02.